The zero-order chi connectivity index (χ0) is 18.8. The van der Waals surface area contributed by atoms with Crippen LogP contribution in [0.2, 0.25) is 0 Å². The number of aromatic hydroxyl groups is 1. The second kappa shape index (κ2) is 6.84. The first-order chi connectivity index (χ1) is 12.4. The van der Waals surface area contributed by atoms with Gasteiger partial charge in [-0.05, 0) is 36.8 Å². The Balaban J connectivity index is 2.05. The summed E-state index contributed by atoms with van der Waals surface area (Å²) in [7, 11) is 1.49. The summed E-state index contributed by atoms with van der Waals surface area (Å²) in [4.78, 5) is 30.4. The molecule has 10 nitrogen and oxygen atoms in total. The molecule has 0 fully saturated rings. The SMILES string of the molecule is CC(=NNc1nc2c(c(=O)[nH]c(=O)n2C)n1CCO)c1ccc(O)cc1. The number of phenols is 1. The second-order valence-corrected chi connectivity index (χ2v) is 5.66. The Hall–Kier alpha value is -3.40. The van der Waals surface area contributed by atoms with Crippen molar-refractivity contribution in [1.82, 2.24) is 19.1 Å². The number of fused-ring (bicyclic) bond motifs is 1. The van der Waals surface area contributed by atoms with Gasteiger partial charge in [0.15, 0.2) is 11.2 Å². The van der Waals surface area contributed by atoms with Crippen LogP contribution in [0.1, 0.15) is 12.5 Å². The maximum Gasteiger partial charge on any atom is 0.329 e. The molecular formula is C16H18N6O4. The number of nitrogens with zero attached hydrogens (tertiary/aromatic N) is 4. The van der Waals surface area contributed by atoms with Gasteiger partial charge in [0.05, 0.1) is 12.3 Å². The van der Waals surface area contributed by atoms with E-state index in [1.54, 1.807) is 31.2 Å². The second-order valence-electron chi connectivity index (χ2n) is 5.66. The van der Waals surface area contributed by atoms with Crippen LogP contribution >= 0.6 is 0 Å². The highest BCUT2D eigenvalue weighted by Crippen LogP contribution is 2.16. The van der Waals surface area contributed by atoms with E-state index in [2.05, 4.69) is 20.5 Å². The topological polar surface area (TPSA) is 138 Å². The highest BCUT2D eigenvalue weighted by Gasteiger charge is 2.16. The fourth-order valence-corrected chi connectivity index (χ4v) is 2.54. The van der Waals surface area contributed by atoms with Gasteiger partial charge in [0.2, 0.25) is 5.95 Å². The predicted molar refractivity (Wildman–Crippen MR) is 96.6 cm³/mol. The molecule has 4 N–H and O–H groups in total. The third-order valence-corrected chi connectivity index (χ3v) is 3.94. The molecule has 0 radical (unpaired) electrons. The fraction of sp³-hybridized carbons (Fsp3) is 0.250. The molecule has 3 rings (SSSR count). The quantitative estimate of drug-likeness (QED) is 0.373. The van der Waals surface area contributed by atoms with E-state index >= 15 is 0 Å². The van der Waals surface area contributed by atoms with Crippen LogP contribution in [-0.4, -0.2) is 41.6 Å². The molecule has 0 aliphatic carbocycles. The molecule has 2 aromatic heterocycles. The van der Waals surface area contributed by atoms with Gasteiger partial charge in [-0.2, -0.15) is 10.1 Å². The number of aliphatic hydroxyl groups is 1. The molecule has 0 amide bonds. The number of H-pyrrole nitrogens is 1. The lowest BCUT2D eigenvalue weighted by molar-refractivity contribution is 0.278. The number of phenolic OH excluding ortho intramolecular Hbond substituents is 1. The molecule has 0 unspecified atom stereocenters. The first-order valence-electron chi connectivity index (χ1n) is 7.82. The van der Waals surface area contributed by atoms with Crippen molar-refractivity contribution >= 4 is 22.8 Å². The largest absolute Gasteiger partial charge is 0.508 e. The van der Waals surface area contributed by atoms with Gasteiger partial charge in [0.25, 0.3) is 5.56 Å². The van der Waals surface area contributed by atoms with Crippen molar-refractivity contribution < 1.29 is 10.2 Å². The maximum absolute atomic E-state index is 12.2. The maximum atomic E-state index is 12.2. The van der Waals surface area contributed by atoms with Gasteiger partial charge in [-0.25, -0.2) is 10.2 Å². The molecule has 0 aliphatic rings. The summed E-state index contributed by atoms with van der Waals surface area (Å²) < 4.78 is 2.67. The minimum atomic E-state index is -0.587. The van der Waals surface area contributed by atoms with Gasteiger partial charge >= 0.3 is 5.69 Å². The highest BCUT2D eigenvalue weighted by molar-refractivity contribution is 5.99. The monoisotopic (exact) mass is 358 g/mol. The Kier molecular flexibility index (Phi) is 4.59. The minimum absolute atomic E-state index is 0.105. The van der Waals surface area contributed by atoms with Crippen molar-refractivity contribution in [2.75, 3.05) is 12.0 Å². The number of rotatable bonds is 5. The molecule has 0 saturated carbocycles. The Morgan fingerprint density at radius 1 is 1.31 bits per heavy atom. The third kappa shape index (κ3) is 3.09. The number of benzene rings is 1. The Morgan fingerprint density at radius 3 is 2.65 bits per heavy atom. The van der Waals surface area contributed by atoms with E-state index in [9.17, 15) is 19.8 Å². The lowest BCUT2D eigenvalue weighted by atomic mass is 10.1. The van der Waals surface area contributed by atoms with E-state index in [0.717, 1.165) is 5.56 Å². The summed E-state index contributed by atoms with van der Waals surface area (Å²) in [5.41, 5.74) is 3.37. The van der Waals surface area contributed by atoms with Crippen molar-refractivity contribution in [3.05, 3.63) is 50.7 Å². The normalized spacial score (nSPS) is 11.9. The summed E-state index contributed by atoms with van der Waals surface area (Å²) in [5, 5.41) is 22.9. The van der Waals surface area contributed by atoms with Crippen molar-refractivity contribution in [1.29, 1.82) is 0 Å². The summed E-state index contributed by atoms with van der Waals surface area (Å²) in [5.74, 6) is 0.373. The summed E-state index contributed by atoms with van der Waals surface area (Å²) in [6.45, 7) is 1.65. The van der Waals surface area contributed by atoms with Crippen molar-refractivity contribution in [3.63, 3.8) is 0 Å². The van der Waals surface area contributed by atoms with Gasteiger partial charge in [-0.1, -0.05) is 0 Å². The van der Waals surface area contributed by atoms with Gasteiger partial charge in [-0.3, -0.25) is 14.3 Å². The third-order valence-electron chi connectivity index (χ3n) is 3.94. The van der Waals surface area contributed by atoms with Crippen LogP contribution in [0.5, 0.6) is 5.75 Å². The highest BCUT2D eigenvalue weighted by atomic mass is 16.3. The van der Waals surface area contributed by atoms with E-state index in [1.807, 2.05) is 0 Å². The van der Waals surface area contributed by atoms with E-state index in [-0.39, 0.29) is 36.0 Å². The smallest absolute Gasteiger partial charge is 0.329 e. The van der Waals surface area contributed by atoms with Gasteiger partial charge in [-0.15, -0.1) is 0 Å². The number of aryl methyl sites for hydroxylation is 1. The Bertz CT molecular complexity index is 1090. The first-order valence-corrected chi connectivity index (χ1v) is 7.82. The molecule has 10 heteroatoms. The summed E-state index contributed by atoms with van der Waals surface area (Å²) >= 11 is 0. The number of hydrogen-bond donors (Lipinski definition) is 4. The number of aromatic amines is 1. The Labute approximate surface area is 147 Å². The lowest BCUT2D eigenvalue weighted by Crippen LogP contribution is -2.29. The van der Waals surface area contributed by atoms with Crippen LogP contribution in [0.3, 0.4) is 0 Å². The van der Waals surface area contributed by atoms with Crippen LogP contribution in [0.25, 0.3) is 11.2 Å². The average Bonchev–Trinajstić information content (AvgIpc) is 2.98. The molecule has 0 saturated heterocycles. The van der Waals surface area contributed by atoms with Crippen molar-refractivity contribution in [2.45, 2.75) is 13.5 Å². The molecule has 0 atom stereocenters. The predicted octanol–water partition coefficient (Wildman–Crippen LogP) is -0.0427. The number of hydrogen-bond acceptors (Lipinski definition) is 7. The zero-order valence-corrected chi connectivity index (χ0v) is 14.2. The van der Waals surface area contributed by atoms with Gasteiger partial charge in [0.1, 0.15) is 5.75 Å². The molecule has 26 heavy (non-hydrogen) atoms. The molecule has 3 aromatic rings. The van der Waals surface area contributed by atoms with Crippen LogP contribution in [0, 0.1) is 0 Å². The number of nitrogens with one attached hydrogen (secondary N) is 2. The zero-order valence-electron chi connectivity index (χ0n) is 14.2. The first kappa shape index (κ1) is 17.4. The molecule has 0 spiro atoms. The number of anilines is 1. The molecule has 2 heterocycles. The van der Waals surface area contributed by atoms with E-state index in [0.29, 0.717) is 5.71 Å². The molecule has 136 valence electrons. The average molecular weight is 358 g/mol. The standard InChI is InChI=1S/C16H18N6O4/c1-9(10-3-5-11(24)6-4-10)19-20-15-17-13-12(22(15)7-8-23)14(25)18-16(26)21(13)2/h3-6,23-24H,7-8H2,1-2H3,(H,17,20)(H,18,25,26). The van der Waals surface area contributed by atoms with Crippen LogP contribution in [0.15, 0.2) is 39.0 Å². The van der Waals surface area contributed by atoms with E-state index in [4.69, 9.17) is 0 Å². The van der Waals surface area contributed by atoms with Crippen LogP contribution < -0.4 is 16.7 Å². The number of imidazole rings is 1. The number of hydrazone groups is 1. The molecule has 0 aliphatic heterocycles. The van der Waals surface area contributed by atoms with Crippen molar-refractivity contribution in [2.24, 2.45) is 12.1 Å². The number of aromatic nitrogens is 4. The van der Waals surface area contributed by atoms with Crippen LogP contribution in [0.4, 0.5) is 5.95 Å². The summed E-state index contributed by atoms with van der Waals surface area (Å²) in [6, 6.07) is 6.51. The lowest BCUT2D eigenvalue weighted by Gasteiger charge is -2.07. The van der Waals surface area contributed by atoms with Crippen molar-refractivity contribution in [3.8, 4) is 5.75 Å². The minimum Gasteiger partial charge on any atom is -0.508 e. The van der Waals surface area contributed by atoms with Gasteiger partial charge < -0.3 is 14.8 Å². The number of aliphatic hydroxyl groups excluding tert-OH is 1. The van der Waals surface area contributed by atoms with E-state index < -0.39 is 11.2 Å². The summed E-state index contributed by atoms with van der Waals surface area (Å²) in [6.07, 6.45) is 0. The molecular weight excluding hydrogens is 340 g/mol. The fourth-order valence-electron chi connectivity index (χ4n) is 2.54. The molecule has 0 bridgehead atoms. The van der Waals surface area contributed by atoms with Gasteiger partial charge in [0, 0.05) is 13.6 Å². The molecule has 1 aromatic carbocycles. The van der Waals surface area contributed by atoms with Crippen LogP contribution in [-0.2, 0) is 13.6 Å². The van der Waals surface area contributed by atoms with E-state index in [1.165, 1.54) is 16.2 Å². The Morgan fingerprint density at radius 2 is 2.00 bits per heavy atom.